The van der Waals surface area contributed by atoms with E-state index in [9.17, 15) is 14.4 Å². The smallest absolute Gasteiger partial charge is 0.249 e. The van der Waals surface area contributed by atoms with Crippen LogP contribution in [-0.4, -0.2) is 30.4 Å². The average molecular weight is 297 g/mol. The van der Waals surface area contributed by atoms with Crippen LogP contribution in [0, 0.1) is 0 Å². The van der Waals surface area contributed by atoms with Crippen molar-refractivity contribution < 1.29 is 19.1 Å². The molecule has 106 valence electrons. The third kappa shape index (κ3) is 4.04. The van der Waals surface area contributed by atoms with Crippen LogP contribution in [0.4, 0.5) is 0 Å². The first-order chi connectivity index (χ1) is 9.54. The topological polar surface area (TPSA) is 84.5 Å². The zero-order valence-electron chi connectivity index (χ0n) is 10.5. The highest BCUT2D eigenvalue weighted by molar-refractivity contribution is 6.30. The first-order valence-corrected chi connectivity index (χ1v) is 6.37. The zero-order valence-corrected chi connectivity index (χ0v) is 11.3. The molecule has 1 atom stereocenters. The van der Waals surface area contributed by atoms with E-state index >= 15 is 0 Å². The quantitative estimate of drug-likeness (QED) is 0.770. The molecule has 1 fully saturated rings. The summed E-state index contributed by atoms with van der Waals surface area (Å²) in [7, 11) is 0. The van der Waals surface area contributed by atoms with Gasteiger partial charge < -0.3 is 10.1 Å². The van der Waals surface area contributed by atoms with E-state index < -0.39 is 17.9 Å². The maximum Gasteiger partial charge on any atom is 0.249 e. The second kappa shape index (κ2) is 6.49. The number of carbonyl (C=O) groups is 3. The Kier molecular flexibility index (Phi) is 4.70. The van der Waals surface area contributed by atoms with Gasteiger partial charge in [-0.15, -0.1) is 0 Å². The third-order valence-electron chi connectivity index (χ3n) is 2.69. The molecule has 0 saturated carbocycles. The predicted octanol–water partition coefficient (Wildman–Crippen LogP) is 0.388. The summed E-state index contributed by atoms with van der Waals surface area (Å²) in [5.41, 5.74) is 0.846. The highest BCUT2D eigenvalue weighted by atomic mass is 35.5. The van der Waals surface area contributed by atoms with Gasteiger partial charge in [0.2, 0.25) is 17.7 Å². The van der Waals surface area contributed by atoms with Crippen LogP contribution in [0.5, 0.6) is 0 Å². The van der Waals surface area contributed by atoms with Crippen molar-refractivity contribution in [3.8, 4) is 0 Å². The number of carbonyl (C=O) groups excluding carboxylic acids is 3. The number of rotatable bonds is 5. The fraction of sp³-hybridized carbons (Fsp3) is 0.308. The van der Waals surface area contributed by atoms with Crippen molar-refractivity contribution in [2.24, 2.45) is 0 Å². The minimum Gasteiger partial charge on any atom is -0.367 e. The Labute approximate surface area is 120 Å². The molecule has 1 unspecified atom stereocenters. The molecule has 1 heterocycles. The Hall–Kier alpha value is -1.92. The Morgan fingerprint density at radius 1 is 1.45 bits per heavy atom. The molecule has 2 N–H and O–H groups in total. The Morgan fingerprint density at radius 2 is 2.25 bits per heavy atom. The Morgan fingerprint density at radius 3 is 2.90 bits per heavy atom. The molecule has 0 aromatic heterocycles. The van der Waals surface area contributed by atoms with Crippen molar-refractivity contribution in [1.82, 2.24) is 10.6 Å². The molecular weight excluding hydrogens is 284 g/mol. The van der Waals surface area contributed by atoms with E-state index in [0.29, 0.717) is 5.02 Å². The molecule has 6 nitrogen and oxygen atoms in total. The summed E-state index contributed by atoms with van der Waals surface area (Å²) < 4.78 is 5.22. The van der Waals surface area contributed by atoms with Gasteiger partial charge in [0.05, 0.1) is 13.0 Å². The maximum absolute atomic E-state index is 11.6. The van der Waals surface area contributed by atoms with Crippen LogP contribution in [0.25, 0.3) is 0 Å². The van der Waals surface area contributed by atoms with E-state index in [2.05, 4.69) is 10.6 Å². The van der Waals surface area contributed by atoms with Gasteiger partial charge in [-0.1, -0.05) is 23.7 Å². The van der Waals surface area contributed by atoms with E-state index in [4.69, 9.17) is 16.3 Å². The number of hydrogen-bond donors (Lipinski definition) is 2. The van der Waals surface area contributed by atoms with Gasteiger partial charge in [0.25, 0.3) is 0 Å². The van der Waals surface area contributed by atoms with Gasteiger partial charge in [-0.2, -0.15) is 0 Å². The molecule has 1 aromatic rings. The molecule has 7 heteroatoms. The van der Waals surface area contributed by atoms with Crippen molar-refractivity contribution in [3.63, 3.8) is 0 Å². The second-order valence-corrected chi connectivity index (χ2v) is 4.80. The van der Waals surface area contributed by atoms with E-state index in [1.807, 2.05) is 6.07 Å². The highest BCUT2D eigenvalue weighted by Crippen LogP contribution is 2.11. The standard InChI is InChI=1S/C13H13ClN2O4/c14-9-3-1-2-8(4-9)6-20-7-12(18)15-10-5-11(17)16-13(10)19/h1-4,10H,5-7H2,(H,15,18)(H,16,17,19). The van der Waals surface area contributed by atoms with E-state index in [1.165, 1.54) is 0 Å². The van der Waals surface area contributed by atoms with Crippen LogP contribution < -0.4 is 10.6 Å². The Bertz CT molecular complexity index is 547. The lowest BCUT2D eigenvalue weighted by molar-refractivity contribution is -0.130. The number of benzene rings is 1. The molecule has 1 aliphatic rings. The van der Waals surface area contributed by atoms with Gasteiger partial charge in [0.1, 0.15) is 12.6 Å². The first-order valence-electron chi connectivity index (χ1n) is 6.00. The fourth-order valence-electron chi connectivity index (χ4n) is 1.79. The van der Waals surface area contributed by atoms with Crippen LogP contribution in [0.1, 0.15) is 12.0 Å². The molecule has 1 aromatic carbocycles. The van der Waals surface area contributed by atoms with Gasteiger partial charge in [-0.25, -0.2) is 0 Å². The summed E-state index contributed by atoms with van der Waals surface area (Å²) >= 11 is 5.82. The molecule has 20 heavy (non-hydrogen) atoms. The van der Waals surface area contributed by atoms with Crippen LogP contribution in [0.2, 0.25) is 5.02 Å². The summed E-state index contributed by atoms with van der Waals surface area (Å²) in [5.74, 6) is -1.32. The summed E-state index contributed by atoms with van der Waals surface area (Å²) in [6.45, 7) is 0.0499. The molecular formula is C13H13ClN2O4. The number of imide groups is 1. The molecule has 0 spiro atoms. The fourth-order valence-corrected chi connectivity index (χ4v) is 2.01. The van der Waals surface area contributed by atoms with E-state index in [-0.39, 0.29) is 25.5 Å². The predicted molar refractivity (Wildman–Crippen MR) is 70.8 cm³/mol. The number of nitrogens with one attached hydrogen (secondary N) is 2. The highest BCUT2D eigenvalue weighted by Gasteiger charge is 2.31. The van der Waals surface area contributed by atoms with Crippen LogP contribution in [0.15, 0.2) is 24.3 Å². The molecule has 3 amide bonds. The lowest BCUT2D eigenvalue weighted by Crippen LogP contribution is -2.41. The summed E-state index contributed by atoms with van der Waals surface area (Å²) in [6.07, 6.45) is -0.0289. The van der Waals surface area contributed by atoms with Crippen molar-refractivity contribution in [2.45, 2.75) is 19.1 Å². The minimum absolute atomic E-state index is 0.0289. The molecule has 1 aliphatic heterocycles. The van der Waals surface area contributed by atoms with Crippen molar-refractivity contribution in [3.05, 3.63) is 34.9 Å². The zero-order chi connectivity index (χ0) is 14.5. The largest absolute Gasteiger partial charge is 0.367 e. The van der Waals surface area contributed by atoms with Crippen molar-refractivity contribution in [2.75, 3.05) is 6.61 Å². The van der Waals surface area contributed by atoms with E-state index in [1.54, 1.807) is 18.2 Å². The van der Waals surface area contributed by atoms with Crippen molar-refractivity contribution in [1.29, 1.82) is 0 Å². The number of halogens is 1. The lowest BCUT2D eigenvalue weighted by atomic mass is 10.2. The number of amides is 3. The number of ether oxygens (including phenoxy) is 1. The van der Waals surface area contributed by atoms with E-state index in [0.717, 1.165) is 5.56 Å². The molecule has 1 saturated heterocycles. The summed E-state index contributed by atoms with van der Waals surface area (Å²) in [5, 5.41) is 5.14. The van der Waals surface area contributed by atoms with Crippen LogP contribution in [0.3, 0.4) is 0 Å². The minimum atomic E-state index is -0.801. The van der Waals surface area contributed by atoms with Crippen molar-refractivity contribution >= 4 is 29.3 Å². The normalized spacial score (nSPS) is 17.9. The monoisotopic (exact) mass is 296 g/mol. The summed E-state index contributed by atoms with van der Waals surface area (Å²) in [4.78, 5) is 33.8. The average Bonchev–Trinajstić information content (AvgIpc) is 2.68. The van der Waals surface area contributed by atoms with Gasteiger partial charge >= 0.3 is 0 Å². The second-order valence-electron chi connectivity index (χ2n) is 4.36. The lowest BCUT2D eigenvalue weighted by Gasteiger charge is -2.09. The molecule has 0 aliphatic carbocycles. The molecule has 0 radical (unpaired) electrons. The molecule has 0 bridgehead atoms. The Balaban J connectivity index is 1.73. The van der Waals surface area contributed by atoms with Gasteiger partial charge in [-0.05, 0) is 17.7 Å². The molecule has 2 rings (SSSR count). The number of hydrogen-bond acceptors (Lipinski definition) is 4. The third-order valence-corrected chi connectivity index (χ3v) is 2.93. The van der Waals surface area contributed by atoms with Gasteiger partial charge in [0.15, 0.2) is 0 Å². The van der Waals surface area contributed by atoms with Gasteiger partial charge in [0, 0.05) is 5.02 Å². The summed E-state index contributed by atoms with van der Waals surface area (Å²) in [6, 6.07) is 6.29. The SMILES string of the molecule is O=C1CC(NC(=O)COCc2cccc(Cl)c2)C(=O)N1. The van der Waals surface area contributed by atoms with Gasteiger partial charge in [-0.3, -0.25) is 19.7 Å². The maximum atomic E-state index is 11.6. The van der Waals surface area contributed by atoms with Crippen LogP contribution in [-0.2, 0) is 25.7 Å². The first kappa shape index (κ1) is 14.5. The van der Waals surface area contributed by atoms with Crippen LogP contribution >= 0.6 is 11.6 Å².